The van der Waals surface area contributed by atoms with Crippen LogP contribution in [0.1, 0.15) is 38.6 Å². The predicted octanol–water partition coefficient (Wildman–Crippen LogP) is 2.45. The van der Waals surface area contributed by atoms with E-state index < -0.39 is 0 Å². The van der Waals surface area contributed by atoms with Crippen molar-refractivity contribution in [3.8, 4) is 0 Å². The largest absolute Gasteiger partial charge is 0.373 e. The molecule has 0 bridgehead atoms. The van der Waals surface area contributed by atoms with Gasteiger partial charge in [0.05, 0.1) is 0 Å². The highest BCUT2D eigenvalue weighted by Crippen LogP contribution is 2.33. The lowest BCUT2D eigenvalue weighted by molar-refractivity contribution is 0.00718. The van der Waals surface area contributed by atoms with Crippen molar-refractivity contribution in [2.24, 2.45) is 5.41 Å². The molecule has 4 nitrogen and oxygen atoms in total. The van der Waals surface area contributed by atoms with Gasteiger partial charge in [0.2, 0.25) is 11.7 Å². The second-order valence-corrected chi connectivity index (χ2v) is 4.18. The Bertz CT molecular complexity index is 312. The van der Waals surface area contributed by atoms with E-state index >= 15 is 0 Å². The highest BCUT2D eigenvalue weighted by atomic mass is 16.5. The molecule has 0 N–H and O–H groups in total. The summed E-state index contributed by atoms with van der Waals surface area (Å²) >= 11 is 0. The quantitative estimate of drug-likeness (QED) is 0.745. The summed E-state index contributed by atoms with van der Waals surface area (Å²) in [6.07, 6.45) is 1.35. The van der Waals surface area contributed by atoms with Crippen molar-refractivity contribution in [2.45, 2.75) is 26.9 Å². The molecule has 0 saturated carbocycles. The van der Waals surface area contributed by atoms with Crippen molar-refractivity contribution in [1.82, 2.24) is 10.1 Å². The van der Waals surface area contributed by atoms with Crippen LogP contribution in [-0.4, -0.2) is 17.3 Å². The normalized spacial score (nSPS) is 14.0. The van der Waals surface area contributed by atoms with E-state index in [9.17, 15) is 0 Å². The standard InChI is InChI=1S/C10H16N2O2/c1-6-7-11-9(12-14-7)8(13-5)10(2,3)4/h6,8H,1H2,2-5H3. The molecule has 14 heavy (non-hydrogen) atoms. The topological polar surface area (TPSA) is 48.2 Å². The summed E-state index contributed by atoms with van der Waals surface area (Å²) in [5.74, 6) is 0.987. The third-order valence-corrected chi connectivity index (χ3v) is 1.89. The van der Waals surface area contributed by atoms with Crippen molar-refractivity contribution in [3.05, 3.63) is 18.3 Å². The van der Waals surface area contributed by atoms with Crippen molar-refractivity contribution in [1.29, 1.82) is 0 Å². The Labute approximate surface area is 84.0 Å². The minimum absolute atomic E-state index is 0.0585. The minimum Gasteiger partial charge on any atom is -0.373 e. The van der Waals surface area contributed by atoms with Gasteiger partial charge in [-0.1, -0.05) is 32.5 Å². The van der Waals surface area contributed by atoms with Gasteiger partial charge in [-0.15, -0.1) is 0 Å². The molecule has 78 valence electrons. The molecule has 0 aliphatic carbocycles. The summed E-state index contributed by atoms with van der Waals surface area (Å²) in [5, 5.41) is 3.84. The highest BCUT2D eigenvalue weighted by molar-refractivity contribution is 5.32. The Morgan fingerprint density at radius 3 is 2.50 bits per heavy atom. The van der Waals surface area contributed by atoms with Gasteiger partial charge >= 0.3 is 0 Å². The molecule has 0 saturated heterocycles. The first-order chi connectivity index (χ1) is 6.49. The van der Waals surface area contributed by atoms with Gasteiger partial charge < -0.3 is 9.26 Å². The fourth-order valence-electron chi connectivity index (χ4n) is 1.28. The summed E-state index contributed by atoms with van der Waals surface area (Å²) in [4.78, 5) is 4.15. The molecule has 1 rings (SSSR count). The van der Waals surface area contributed by atoms with E-state index in [0.717, 1.165) is 0 Å². The molecule has 0 radical (unpaired) electrons. The fraction of sp³-hybridized carbons (Fsp3) is 0.600. The Balaban J connectivity index is 2.95. The smallest absolute Gasteiger partial charge is 0.250 e. The van der Waals surface area contributed by atoms with Gasteiger partial charge in [-0.3, -0.25) is 0 Å². The van der Waals surface area contributed by atoms with Crippen LogP contribution in [-0.2, 0) is 4.74 Å². The molecule has 4 heteroatoms. The first-order valence-electron chi connectivity index (χ1n) is 4.48. The van der Waals surface area contributed by atoms with Crippen LogP contribution in [0.2, 0.25) is 0 Å². The highest BCUT2D eigenvalue weighted by Gasteiger charge is 2.30. The van der Waals surface area contributed by atoms with E-state index in [4.69, 9.17) is 9.26 Å². The van der Waals surface area contributed by atoms with Crippen LogP contribution >= 0.6 is 0 Å². The molecular weight excluding hydrogens is 180 g/mol. The molecule has 0 aromatic carbocycles. The maximum Gasteiger partial charge on any atom is 0.250 e. The summed E-state index contributed by atoms with van der Waals surface area (Å²) in [6, 6.07) is 0. The average molecular weight is 196 g/mol. The number of methoxy groups -OCH3 is 1. The zero-order valence-corrected chi connectivity index (χ0v) is 9.07. The van der Waals surface area contributed by atoms with Crippen molar-refractivity contribution in [3.63, 3.8) is 0 Å². The van der Waals surface area contributed by atoms with Crippen LogP contribution in [0.25, 0.3) is 6.08 Å². The second-order valence-electron chi connectivity index (χ2n) is 4.18. The number of nitrogens with zero attached hydrogens (tertiary/aromatic N) is 2. The summed E-state index contributed by atoms with van der Waals surface area (Å²) in [6.45, 7) is 9.74. The van der Waals surface area contributed by atoms with Crippen molar-refractivity contribution < 1.29 is 9.26 Å². The Hall–Kier alpha value is -1.16. The number of ether oxygens (including phenoxy) is 1. The fourth-order valence-corrected chi connectivity index (χ4v) is 1.28. The van der Waals surface area contributed by atoms with Crippen LogP contribution in [0.3, 0.4) is 0 Å². The van der Waals surface area contributed by atoms with E-state index in [1.54, 1.807) is 7.11 Å². The lowest BCUT2D eigenvalue weighted by Gasteiger charge is -2.26. The summed E-state index contributed by atoms with van der Waals surface area (Å²) in [7, 11) is 1.64. The zero-order chi connectivity index (χ0) is 10.8. The van der Waals surface area contributed by atoms with E-state index in [1.165, 1.54) is 6.08 Å². The van der Waals surface area contributed by atoms with E-state index in [2.05, 4.69) is 37.5 Å². The molecule has 1 heterocycles. The molecule has 0 fully saturated rings. The maximum atomic E-state index is 5.34. The number of hydrogen-bond acceptors (Lipinski definition) is 4. The molecule has 1 atom stereocenters. The minimum atomic E-state index is -0.167. The summed E-state index contributed by atoms with van der Waals surface area (Å²) in [5.41, 5.74) is -0.0585. The number of hydrogen-bond donors (Lipinski definition) is 0. The van der Waals surface area contributed by atoms with E-state index in [1.807, 2.05) is 0 Å². The van der Waals surface area contributed by atoms with Crippen LogP contribution < -0.4 is 0 Å². The predicted molar refractivity (Wildman–Crippen MR) is 53.6 cm³/mol. The van der Waals surface area contributed by atoms with Gasteiger partial charge in [-0.25, -0.2) is 0 Å². The molecule has 1 aromatic rings. The number of rotatable bonds is 3. The van der Waals surface area contributed by atoms with Crippen LogP contribution in [0.4, 0.5) is 0 Å². The van der Waals surface area contributed by atoms with Gasteiger partial charge in [-0.2, -0.15) is 4.98 Å². The second kappa shape index (κ2) is 3.92. The third-order valence-electron chi connectivity index (χ3n) is 1.89. The molecule has 0 aliphatic rings. The summed E-state index contributed by atoms with van der Waals surface area (Å²) < 4.78 is 10.3. The molecule has 0 aliphatic heterocycles. The van der Waals surface area contributed by atoms with Gasteiger partial charge in [0.15, 0.2) is 0 Å². The Morgan fingerprint density at radius 1 is 1.50 bits per heavy atom. The van der Waals surface area contributed by atoms with Crippen molar-refractivity contribution >= 4 is 6.08 Å². The molecule has 1 aromatic heterocycles. The van der Waals surface area contributed by atoms with Crippen molar-refractivity contribution in [2.75, 3.05) is 7.11 Å². The molecular formula is C10H16N2O2. The van der Waals surface area contributed by atoms with E-state index in [0.29, 0.717) is 11.7 Å². The monoisotopic (exact) mass is 196 g/mol. The van der Waals surface area contributed by atoms with Crippen LogP contribution in [0, 0.1) is 5.41 Å². The first kappa shape index (κ1) is 10.9. The molecule has 1 unspecified atom stereocenters. The van der Waals surface area contributed by atoms with E-state index in [-0.39, 0.29) is 11.5 Å². The molecule has 0 spiro atoms. The average Bonchev–Trinajstić information content (AvgIpc) is 2.51. The van der Waals surface area contributed by atoms with Crippen LogP contribution in [0.15, 0.2) is 11.1 Å². The third kappa shape index (κ3) is 2.20. The number of aromatic nitrogens is 2. The van der Waals surface area contributed by atoms with Crippen LogP contribution in [0.5, 0.6) is 0 Å². The maximum absolute atomic E-state index is 5.34. The Kier molecular flexibility index (Phi) is 3.06. The SMILES string of the molecule is C=Cc1nc(C(OC)C(C)(C)C)no1. The lowest BCUT2D eigenvalue weighted by atomic mass is 9.88. The van der Waals surface area contributed by atoms with Gasteiger partial charge in [0.1, 0.15) is 6.10 Å². The van der Waals surface area contributed by atoms with Gasteiger partial charge in [0, 0.05) is 7.11 Å². The zero-order valence-electron chi connectivity index (χ0n) is 9.07. The first-order valence-corrected chi connectivity index (χ1v) is 4.48. The Morgan fingerprint density at radius 2 is 2.14 bits per heavy atom. The van der Waals surface area contributed by atoms with Gasteiger partial charge in [0.25, 0.3) is 0 Å². The van der Waals surface area contributed by atoms with Gasteiger partial charge in [-0.05, 0) is 11.5 Å². The lowest BCUT2D eigenvalue weighted by Crippen LogP contribution is -2.21. The molecule has 0 amide bonds.